The van der Waals surface area contributed by atoms with Gasteiger partial charge in [-0.05, 0) is 42.3 Å². The van der Waals surface area contributed by atoms with Crippen LogP contribution in [-0.4, -0.2) is 26.3 Å². The van der Waals surface area contributed by atoms with Gasteiger partial charge in [0.15, 0.2) is 5.76 Å². The smallest absolute Gasteiger partial charge is 0.287 e. The molecule has 0 saturated carbocycles. The lowest BCUT2D eigenvalue weighted by Crippen LogP contribution is -2.47. The van der Waals surface area contributed by atoms with Crippen LogP contribution in [-0.2, 0) is 14.8 Å². The van der Waals surface area contributed by atoms with Crippen LogP contribution in [0.3, 0.4) is 0 Å². The first-order valence-corrected chi connectivity index (χ1v) is 9.01. The third kappa shape index (κ3) is 4.91. The summed E-state index contributed by atoms with van der Waals surface area (Å²) in [7, 11) is -3.80. The number of primary sulfonamides is 1. The summed E-state index contributed by atoms with van der Waals surface area (Å²) in [6.45, 7) is 3.58. The van der Waals surface area contributed by atoms with Gasteiger partial charge in [0.05, 0.1) is 11.2 Å². The third-order valence-electron chi connectivity index (χ3n) is 3.43. The monoisotopic (exact) mass is 365 g/mol. The van der Waals surface area contributed by atoms with Crippen molar-refractivity contribution in [1.82, 2.24) is 5.32 Å². The highest BCUT2D eigenvalue weighted by Gasteiger charge is 2.25. The number of carbonyl (C=O) groups excluding carboxylic acids is 2. The Morgan fingerprint density at radius 3 is 2.24 bits per heavy atom. The SMILES string of the molecule is CC(C)[C@H](NC(=O)c1ccco1)C(=O)Nc1ccc(S(N)(=O)=O)cc1. The van der Waals surface area contributed by atoms with E-state index in [0.29, 0.717) is 5.69 Å². The molecule has 0 aliphatic heterocycles. The predicted molar refractivity (Wildman–Crippen MR) is 91.2 cm³/mol. The number of sulfonamides is 1. The zero-order chi connectivity index (χ0) is 18.6. The molecule has 0 unspecified atom stereocenters. The number of hydrogen-bond acceptors (Lipinski definition) is 5. The number of benzene rings is 1. The molecule has 134 valence electrons. The Balaban J connectivity index is 2.09. The normalized spacial score (nSPS) is 12.6. The van der Waals surface area contributed by atoms with E-state index in [1.54, 1.807) is 19.9 Å². The molecule has 1 aromatic heterocycles. The second kappa shape index (κ2) is 7.49. The molecular formula is C16H19N3O5S. The van der Waals surface area contributed by atoms with Gasteiger partial charge < -0.3 is 15.1 Å². The molecule has 0 saturated heterocycles. The lowest BCUT2D eigenvalue weighted by molar-refractivity contribution is -0.118. The molecular weight excluding hydrogens is 346 g/mol. The summed E-state index contributed by atoms with van der Waals surface area (Å²) in [5.41, 5.74) is 0.385. The molecule has 8 nitrogen and oxygen atoms in total. The molecule has 0 aliphatic rings. The molecule has 0 bridgehead atoms. The van der Waals surface area contributed by atoms with Gasteiger partial charge in [-0.1, -0.05) is 13.8 Å². The third-order valence-corrected chi connectivity index (χ3v) is 4.36. The van der Waals surface area contributed by atoms with Crippen LogP contribution in [0.4, 0.5) is 5.69 Å². The van der Waals surface area contributed by atoms with Crippen molar-refractivity contribution >= 4 is 27.5 Å². The maximum absolute atomic E-state index is 12.4. The summed E-state index contributed by atoms with van der Waals surface area (Å²) in [6.07, 6.45) is 1.37. The van der Waals surface area contributed by atoms with Gasteiger partial charge in [-0.15, -0.1) is 0 Å². The lowest BCUT2D eigenvalue weighted by atomic mass is 10.0. The summed E-state index contributed by atoms with van der Waals surface area (Å²) < 4.78 is 27.5. The zero-order valence-corrected chi connectivity index (χ0v) is 14.5. The van der Waals surface area contributed by atoms with Crippen LogP contribution < -0.4 is 15.8 Å². The maximum atomic E-state index is 12.4. The molecule has 0 spiro atoms. The Kier molecular flexibility index (Phi) is 5.60. The van der Waals surface area contributed by atoms with E-state index in [0.717, 1.165) is 0 Å². The zero-order valence-electron chi connectivity index (χ0n) is 13.7. The van der Waals surface area contributed by atoms with Gasteiger partial charge in [0, 0.05) is 5.69 Å². The number of hydrogen-bond donors (Lipinski definition) is 3. The Morgan fingerprint density at radius 1 is 1.12 bits per heavy atom. The predicted octanol–water partition coefficient (Wildman–Crippen LogP) is 1.32. The van der Waals surface area contributed by atoms with E-state index in [4.69, 9.17) is 9.56 Å². The Morgan fingerprint density at radius 2 is 1.76 bits per heavy atom. The fraction of sp³-hybridized carbons (Fsp3) is 0.250. The van der Waals surface area contributed by atoms with Crippen molar-refractivity contribution in [3.8, 4) is 0 Å². The molecule has 0 aliphatic carbocycles. The summed E-state index contributed by atoms with van der Waals surface area (Å²) in [6, 6.07) is 7.69. The number of nitrogens with two attached hydrogens (primary N) is 1. The van der Waals surface area contributed by atoms with Crippen molar-refractivity contribution in [3.05, 3.63) is 48.4 Å². The minimum absolute atomic E-state index is 0.0583. The minimum Gasteiger partial charge on any atom is -0.459 e. The first-order valence-electron chi connectivity index (χ1n) is 7.46. The molecule has 9 heteroatoms. The highest BCUT2D eigenvalue weighted by molar-refractivity contribution is 7.89. The fourth-order valence-corrected chi connectivity index (χ4v) is 2.62. The highest BCUT2D eigenvalue weighted by Crippen LogP contribution is 2.14. The van der Waals surface area contributed by atoms with E-state index in [1.807, 2.05) is 0 Å². The Labute approximate surface area is 145 Å². The van der Waals surface area contributed by atoms with E-state index < -0.39 is 27.9 Å². The number of carbonyl (C=O) groups is 2. The number of nitrogens with one attached hydrogen (secondary N) is 2. The average Bonchev–Trinajstić information content (AvgIpc) is 3.06. The summed E-state index contributed by atoms with van der Waals surface area (Å²) in [5, 5.41) is 10.3. The molecule has 0 radical (unpaired) electrons. The lowest BCUT2D eigenvalue weighted by Gasteiger charge is -2.21. The summed E-state index contributed by atoms with van der Waals surface area (Å²) in [5.74, 6) is -1.000. The molecule has 1 atom stereocenters. The van der Waals surface area contributed by atoms with E-state index in [2.05, 4.69) is 10.6 Å². The van der Waals surface area contributed by atoms with E-state index in [9.17, 15) is 18.0 Å². The van der Waals surface area contributed by atoms with Gasteiger partial charge in [-0.2, -0.15) is 0 Å². The van der Waals surface area contributed by atoms with Crippen LogP contribution in [0.15, 0.2) is 52.0 Å². The van der Waals surface area contributed by atoms with Crippen molar-refractivity contribution in [2.45, 2.75) is 24.8 Å². The first-order chi connectivity index (χ1) is 11.7. The van der Waals surface area contributed by atoms with Gasteiger partial charge >= 0.3 is 0 Å². The van der Waals surface area contributed by atoms with E-state index in [-0.39, 0.29) is 16.6 Å². The average molecular weight is 365 g/mol. The van der Waals surface area contributed by atoms with Crippen molar-refractivity contribution in [1.29, 1.82) is 0 Å². The molecule has 2 aromatic rings. The first kappa shape index (κ1) is 18.7. The maximum Gasteiger partial charge on any atom is 0.287 e. The van der Waals surface area contributed by atoms with Gasteiger partial charge in [-0.3, -0.25) is 9.59 Å². The van der Waals surface area contributed by atoms with Crippen LogP contribution in [0.1, 0.15) is 24.4 Å². The van der Waals surface area contributed by atoms with Crippen molar-refractivity contribution in [3.63, 3.8) is 0 Å². The van der Waals surface area contributed by atoms with Gasteiger partial charge in [0.1, 0.15) is 6.04 Å². The molecule has 25 heavy (non-hydrogen) atoms. The number of amides is 2. The van der Waals surface area contributed by atoms with E-state index >= 15 is 0 Å². The minimum atomic E-state index is -3.80. The van der Waals surface area contributed by atoms with Crippen LogP contribution in [0.5, 0.6) is 0 Å². The second-order valence-corrected chi connectivity index (χ2v) is 7.29. The van der Waals surface area contributed by atoms with Crippen LogP contribution >= 0.6 is 0 Å². The highest BCUT2D eigenvalue weighted by atomic mass is 32.2. The van der Waals surface area contributed by atoms with Crippen molar-refractivity contribution in [2.24, 2.45) is 11.1 Å². The summed E-state index contributed by atoms with van der Waals surface area (Å²) in [4.78, 5) is 24.5. The van der Waals surface area contributed by atoms with Crippen molar-refractivity contribution in [2.75, 3.05) is 5.32 Å². The van der Waals surface area contributed by atoms with Gasteiger partial charge in [0.25, 0.3) is 5.91 Å². The molecule has 1 heterocycles. The molecule has 1 aromatic carbocycles. The topological polar surface area (TPSA) is 132 Å². The van der Waals surface area contributed by atoms with Gasteiger partial charge in [0.2, 0.25) is 15.9 Å². The molecule has 0 fully saturated rings. The Bertz CT molecular complexity index is 842. The van der Waals surface area contributed by atoms with Crippen LogP contribution in [0, 0.1) is 5.92 Å². The fourth-order valence-electron chi connectivity index (χ4n) is 2.10. The number of furan rings is 1. The quantitative estimate of drug-likeness (QED) is 0.710. The summed E-state index contributed by atoms with van der Waals surface area (Å²) >= 11 is 0. The van der Waals surface area contributed by atoms with Crippen LogP contribution in [0.2, 0.25) is 0 Å². The molecule has 2 amide bonds. The largest absolute Gasteiger partial charge is 0.459 e. The second-order valence-electron chi connectivity index (χ2n) is 5.73. The van der Waals surface area contributed by atoms with E-state index in [1.165, 1.54) is 36.6 Å². The number of anilines is 1. The van der Waals surface area contributed by atoms with Gasteiger partial charge in [-0.25, -0.2) is 13.6 Å². The Hall–Kier alpha value is -2.65. The van der Waals surface area contributed by atoms with Crippen LogP contribution in [0.25, 0.3) is 0 Å². The standard InChI is InChI=1S/C16H19N3O5S/c1-10(2)14(19-15(20)13-4-3-9-24-13)16(21)18-11-5-7-12(8-6-11)25(17,22)23/h3-10,14H,1-2H3,(H,18,21)(H,19,20)(H2,17,22,23)/t14-/m0/s1. The molecule has 4 N–H and O–H groups in total. The van der Waals surface area contributed by atoms with Crippen molar-refractivity contribution < 1.29 is 22.4 Å². The number of rotatable bonds is 6. The molecule has 2 rings (SSSR count).